The molecule has 0 N–H and O–H groups in total. The predicted octanol–water partition coefficient (Wildman–Crippen LogP) is 2.14. The molecule has 0 fully saturated rings. The van der Waals surface area contributed by atoms with Crippen molar-refractivity contribution in [3.63, 3.8) is 0 Å². The molecule has 1 aromatic rings. The van der Waals surface area contributed by atoms with Crippen LogP contribution in [0.2, 0.25) is 0 Å². The molecule has 0 bridgehead atoms. The van der Waals surface area contributed by atoms with E-state index in [-0.39, 0.29) is 5.97 Å². The summed E-state index contributed by atoms with van der Waals surface area (Å²) in [4.78, 5) is 21.8. The van der Waals surface area contributed by atoms with Gasteiger partial charge in [-0.3, -0.25) is 0 Å². The molecule has 0 spiro atoms. The molecular formula is C13H21N3O2. The quantitative estimate of drug-likeness (QED) is 0.725. The second-order valence-corrected chi connectivity index (χ2v) is 4.60. The molecule has 0 saturated carbocycles. The van der Waals surface area contributed by atoms with E-state index >= 15 is 0 Å². The molecule has 5 nitrogen and oxygen atoms in total. The Bertz CT molecular complexity index is 376. The van der Waals surface area contributed by atoms with Gasteiger partial charge < -0.3 is 9.64 Å². The van der Waals surface area contributed by atoms with Crippen molar-refractivity contribution in [2.45, 2.75) is 27.2 Å². The minimum atomic E-state index is -0.381. The van der Waals surface area contributed by atoms with E-state index in [1.54, 1.807) is 6.92 Å². The highest BCUT2D eigenvalue weighted by Crippen LogP contribution is 2.08. The van der Waals surface area contributed by atoms with Crippen LogP contribution in [0.5, 0.6) is 0 Å². The normalized spacial score (nSPS) is 10.5. The van der Waals surface area contributed by atoms with Gasteiger partial charge in [0.25, 0.3) is 0 Å². The number of nitrogens with zero attached hydrogens (tertiary/aromatic N) is 3. The monoisotopic (exact) mass is 251 g/mol. The fourth-order valence-electron chi connectivity index (χ4n) is 1.39. The fourth-order valence-corrected chi connectivity index (χ4v) is 1.39. The summed E-state index contributed by atoms with van der Waals surface area (Å²) in [7, 11) is 1.95. The van der Waals surface area contributed by atoms with Gasteiger partial charge >= 0.3 is 5.97 Å². The van der Waals surface area contributed by atoms with Gasteiger partial charge in [0, 0.05) is 26.0 Å². The summed E-state index contributed by atoms with van der Waals surface area (Å²) in [5.74, 6) is 0.892. The Balaban J connectivity index is 2.61. The average molecular weight is 251 g/mol. The number of anilines is 1. The average Bonchev–Trinajstić information content (AvgIpc) is 2.36. The van der Waals surface area contributed by atoms with E-state index in [1.165, 1.54) is 12.4 Å². The van der Waals surface area contributed by atoms with Crippen molar-refractivity contribution in [2.24, 2.45) is 5.92 Å². The Morgan fingerprint density at radius 1 is 1.39 bits per heavy atom. The molecule has 0 aromatic carbocycles. The van der Waals surface area contributed by atoms with Crippen LogP contribution in [0.3, 0.4) is 0 Å². The molecule has 0 unspecified atom stereocenters. The summed E-state index contributed by atoms with van der Waals surface area (Å²) >= 11 is 0. The lowest BCUT2D eigenvalue weighted by molar-refractivity contribution is 0.0525. The van der Waals surface area contributed by atoms with Gasteiger partial charge in [-0.15, -0.1) is 0 Å². The number of aromatic nitrogens is 2. The number of esters is 1. The van der Waals surface area contributed by atoms with Crippen molar-refractivity contribution in [1.29, 1.82) is 0 Å². The molecule has 18 heavy (non-hydrogen) atoms. The van der Waals surface area contributed by atoms with Crippen molar-refractivity contribution >= 4 is 11.9 Å². The summed E-state index contributed by atoms with van der Waals surface area (Å²) in [6.45, 7) is 7.38. The Morgan fingerprint density at radius 3 is 2.50 bits per heavy atom. The minimum absolute atomic E-state index is 0.356. The maximum absolute atomic E-state index is 11.4. The first kappa shape index (κ1) is 14.4. The third kappa shape index (κ3) is 4.31. The van der Waals surface area contributed by atoms with Crippen LogP contribution in [0.15, 0.2) is 12.4 Å². The van der Waals surface area contributed by atoms with Gasteiger partial charge in [-0.1, -0.05) is 13.8 Å². The molecule has 5 heteroatoms. The van der Waals surface area contributed by atoms with Crippen molar-refractivity contribution in [3.8, 4) is 0 Å². The first-order chi connectivity index (χ1) is 8.54. The molecular weight excluding hydrogens is 230 g/mol. The zero-order chi connectivity index (χ0) is 13.5. The van der Waals surface area contributed by atoms with Crippen LogP contribution in [-0.2, 0) is 4.74 Å². The topological polar surface area (TPSA) is 55.3 Å². The predicted molar refractivity (Wildman–Crippen MR) is 70.7 cm³/mol. The van der Waals surface area contributed by atoms with Gasteiger partial charge in [0.2, 0.25) is 5.95 Å². The van der Waals surface area contributed by atoms with E-state index < -0.39 is 0 Å². The highest BCUT2D eigenvalue weighted by atomic mass is 16.5. The Hall–Kier alpha value is -1.65. The second kappa shape index (κ2) is 6.93. The molecule has 1 rings (SSSR count). The zero-order valence-corrected chi connectivity index (χ0v) is 11.5. The molecule has 1 heterocycles. The smallest absolute Gasteiger partial charge is 0.341 e. The number of hydrogen-bond acceptors (Lipinski definition) is 5. The van der Waals surface area contributed by atoms with E-state index in [1.807, 2.05) is 11.9 Å². The lowest BCUT2D eigenvalue weighted by Gasteiger charge is -2.17. The third-order valence-corrected chi connectivity index (χ3v) is 2.53. The van der Waals surface area contributed by atoms with Gasteiger partial charge in [0.15, 0.2) is 0 Å². The molecule has 1 aromatic heterocycles. The lowest BCUT2D eigenvalue weighted by Crippen LogP contribution is -2.22. The zero-order valence-electron chi connectivity index (χ0n) is 11.5. The number of carbonyl (C=O) groups is 1. The highest BCUT2D eigenvalue weighted by molar-refractivity contribution is 5.88. The molecule has 0 aliphatic heterocycles. The maximum Gasteiger partial charge on any atom is 0.341 e. The van der Waals surface area contributed by atoms with Crippen LogP contribution in [0.4, 0.5) is 5.95 Å². The summed E-state index contributed by atoms with van der Waals surface area (Å²) in [5, 5.41) is 0. The Labute approximate surface area is 108 Å². The first-order valence-electron chi connectivity index (χ1n) is 6.24. The lowest BCUT2D eigenvalue weighted by atomic mass is 10.1. The molecule has 0 aliphatic carbocycles. The molecule has 0 aliphatic rings. The van der Waals surface area contributed by atoms with E-state index in [0.29, 0.717) is 24.0 Å². The second-order valence-electron chi connectivity index (χ2n) is 4.60. The summed E-state index contributed by atoms with van der Waals surface area (Å²) in [5.41, 5.74) is 0.387. The largest absolute Gasteiger partial charge is 0.462 e. The summed E-state index contributed by atoms with van der Waals surface area (Å²) in [6.07, 6.45) is 4.10. The van der Waals surface area contributed by atoms with E-state index in [2.05, 4.69) is 23.8 Å². The number of rotatable bonds is 6. The van der Waals surface area contributed by atoms with Crippen LogP contribution in [0, 0.1) is 5.92 Å². The van der Waals surface area contributed by atoms with E-state index in [9.17, 15) is 4.79 Å². The summed E-state index contributed by atoms with van der Waals surface area (Å²) in [6, 6.07) is 0. The number of ether oxygens (including phenoxy) is 1. The van der Waals surface area contributed by atoms with Crippen LogP contribution in [0.1, 0.15) is 37.6 Å². The minimum Gasteiger partial charge on any atom is -0.462 e. The SMILES string of the molecule is CCOC(=O)c1cnc(N(C)CCC(C)C)nc1. The fraction of sp³-hybridized carbons (Fsp3) is 0.615. The molecule has 100 valence electrons. The van der Waals surface area contributed by atoms with Gasteiger partial charge in [-0.05, 0) is 19.3 Å². The van der Waals surface area contributed by atoms with Gasteiger partial charge in [0.05, 0.1) is 12.2 Å². The van der Waals surface area contributed by atoms with E-state index in [0.717, 1.165) is 13.0 Å². The molecule has 0 atom stereocenters. The Morgan fingerprint density at radius 2 is 2.00 bits per heavy atom. The maximum atomic E-state index is 11.4. The van der Waals surface area contributed by atoms with E-state index in [4.69, 9.17) is 4.74 Å². The number of carbonyl (C=O) groups excluding carboxylic acids is 1. The van der Waals surface area contributed by atoms with Gasteiger partial charge in [-0.25, -0.2) is 14.8 Å². The highest BCUT2D eigenvalue weighted by Gasteiger charge is 2.10. The number of hydrogen-bond donors (Lipinski definition) is 0. The molecule has 0 amide bonds. The third-order valence-electron chi connectivity index (χ3n) is 2.53. The van der Waals surface area contributed by atoms with Crippen molar-refractivity contribution in [2.75, 3.05) is 25.1 Å². The van der Waals surface area contributed by atoms with Crippen LogP contribution >= 0.6 is 0 Å². The van der Waals surface area contributed by atoms with Crippen molar-refractivity contribution in [1.82, 2.24) is 9.97 Å². The van der Waals surface area contributed by atoms with Crippen LogP contribution < -0.4 is 4.90 Å². The molecule has 0 saturated heterocycles. The van der Waals surface area contributed by atoms with Gasteiger partial charge in [0.1, 0.15) is 0 Å². The summed E-state index contributed by atoms with van der Waals surface area (Å²) < 4.78 is 4.87. The van der Waals surface area contributed by atoms with Crippen LogP contribution in [-0.4, -0.2) is 36.1 Å². The van der Waals surface area contributed by atoms with Crippen LogP contribution in [0.25, 0.3) is 0 Å². The van der Waals surface area contributed by atoms with Crippen molar-refractivity contribution < 1.29 is 9.53 Å². The standard InChI is InChI=1S/C13H21N3O2/c1-5-18-12(17)11-8-14-13(15-9-11)16(4)7-6-10(2)3/h8-10H,5-7H2,1-4H3. The molecule has 0 radical (unpaired) electrons. The Kier molecular flexibility index (Phi) is 5.55. The van der Waals surface area contributed by atoms with Crippen molar-refractivity contribution in [3.05, 3.63) is 18.0 Å². The first-order valence-corrected chi connectivity index (χ1v) is 6.24. The van der Waals surface area contributed by atoms with Gasteiger partial charge in [-0.2, -0.15) is 0 Å².